The number of aromatic amines is 1. The minimum absolute atomic E-state index is 0.180. The highest BCUT2D eigenvalue weighted by Gasteiger charge is 2.47. The molecule has 0 bridgehead atoms. The van der Waals surface area contributed by atoms with E-state index in [0.717, 1.165) is 22.1 Å². The van der Waals surface area contributed by atoms with Gasteiger partial charge < -0.3 is 19.4 Å². The van der Waals surface area contributed by atoms with Gasteiger partial charge in [-0.25, -0.2) is 4.39 Å². The molecule has 1 N–H and O–H groups in total. The highest BCUT2D eigenvalue weighted by atomic mass is 19.1. The monoisotopic (exact) mass is 458 g/mol. The second kappa shape index (κ2) is 8.67. The summed E-state index contributed by atoms with van der Waals surface area (Å²) in [5.74, 6) is 0.917. The number of hydrogen-bond donors (Lipinski definition) is 1. The van der Waals surface area contributed by atoms with Crippen LogP contribution in [-0.2, 0) is 5.41 Å². The molecular weight excluding hydrogens is 435 g/mol. The van der Waals surface area contributed by atoms with Gasteiger partial charge in [-0.1, -0.05) is 12.1 Å². The van der Waals surface area contributed by atoms with E-state index in [1.54, 1.807) is 24.3 Å². The molecule has 4 aromatic rings. The Hall–Kier alpha value is -4.13. The molecule has 0 unspecified atom stereocenters. The van der Waals surface area contributed by atoms with Crippen molar-refractivity contribution in [3.8, 4) is 11.5 Å². The van der Waals surface area contributed by atoms with E-state index in [2.05, 4.69) is 4.98 Å². The average Bonchev–Trinajstić information content (AvgIpc) is 2.83. The van der Waals surface area contributed by atoms with Crippen LogP contribution in [-0.4, -0.2) is 42.6 Å². The minimum atomic E-state index is -0.529. The Kier molecular flexibility index (Phi) is 5.53. The van der Waals surface area contributed by atoms with E-state index >= 15 is 0 Å². The summed E-state index contributed by atoms with van der Waals surface area (Å²) in [5.41, 5.74) is 0.496. The van der Waals surface area contributed by atoms with Crippen molar-refractivity contribution in [2.24, 2.45) is 0 Å². The van der Waals surface area contributed by atoms with Gasteiger partial charge in [0.2, 0.25) is 5.56 Å². The first kappa shape index (κ1) is 21.7. The van der Waals surface area contributed by atoms with Crippen LogP contribution < -0.4 is 15.0 Å². The molecule has 1 aliphatic rings. The summed E-state index contributed by atoms with van der Waals surface area (Å²) < 4.78 is 24.7. The molecule has 7 heteroatoms. The van der Waals surface area contributed by atoms with E-state index in [1.807, 2.05) is 42.5 Å². The van der Waals surface area contributed by atoms with Crippen molar-refractivity contribution in [1.82, 2.24) is 9.88 Å². The standard InChI is InChI=1S/C27H23FN2O4/c1-33-23-8-4-20-13-24(9-5-19(20)12-23)34-17-27(21-10-11-29-25(31)14-21)15-30(16-27)26(32)18-2-6-22(28)7-3-18/h2-14H,15-17H2,1H3,(H,29,31). The Morgan fingerprint density at radius 1 is 0.971 bits per heavy atom. The van der Waals surface area contributed by atoms with Crippen molar-refractivity contribution in [3.63, 3.8) is 0 Å². The number of benzene rings is 3. The fourth-order valence-electron chi connectivity index (χ4n) is 4.37. The predicted molar refractivity (Wildman–Crippen MR) is 127 cm³/mol. The number of likely N-dealkylation sites (tertiary alicyclic amines) is 1. The molecule has 172 valence electrons. The lowest BCUT2D eigenvalue weighted by atomic mass is 9.74. The first-order valence-corrected chi connectivity index (χ1v) is 10.9. The van der Waals surface area contributed by atoms with Crippen LogP contribution in [0.3, 0.4) is 0 Å². The molecule has 0 aliphatic carbocycles. The molecule has 1 amide bonds. The quantitative estimate of drug-likeness (QED) is 0.471. The van der Waals surface area contributed by atoms with Crippen LogP contribution in [0.4, 0.5) is 4.39 Å². The Bertz CT molecular complexity index is 1410. The Morgan fingerprint density at radius 3 is 2.32 bits per heavy atom. The third-order valence-electron chi connectivity index (χ3n) is 6.29. The van der Waals surface area contributed by atoms with Gasteiger partial charge in [0.05, 0.1) is 12.5 Å². The summed E-state index contributed by atoms with van der Waals surface area (Å²) in [4.78, 5) is 29.2. The van der Waals surface area contributed by atoms with Gasteiger partial charge in [-0.2, -0.15) is 0 Å². The lowest BCUT2D eigenvalue weighted by Gasteiger charge is -2.50. The van der Waals surface area contributed by atoms with Crippen molar-refractivity contribution in [1.29, 1.82) is 0 Å². The van der Waals surface area contributed by atoms with Gasteiger partial charge in [-0.05, 0) is 70.9 Å². The number of halogens is 1. The molecule has 0 spiro atoms. The maximum absolute atomic E-state index is 13.2. The molecule has 2 heterocycles. The highest BCUT2D eigenvalue weighted by molar-refractivity contribution is 5.95. The zero-order valence-electron chi connectivity index (χ0n) is 18.6. The summed E-state index contributed by atoms with van der Waals surface area (Å²) in [6, 6.07) is 20.6. The van der Waals surface area contributed by atoms with Gasteiger partial charge in [0.25, 0.3) is 5.91 Å². The average molecular weight is 458 g/mol. The van der Waals surface area contributed by atoms with Crippen LogP contribution in [0.1, 0.15) is 15.9 Å². The molecule has 1 fully saturated rings. The van der Waals surface area contributed by atoms with Crippen LogP contribution in [0.5, 0.6) is 11.5 Å². The predicted octanol–water partition coefficient (Wildman–Crippen LogP) is 4.15. The molecule has 1 aromatic heterocycles. The number of nitrogens with one attached hydrogen (secondary N) is 1. The summed E-state index contributed by atoms with van der Waals surface area (Å²) in [6.07, 6.45) is 1.60. The van der Waals surface area contributed by atoms with E-state index in [-0.39, 0.29) is 17.3 Å². The Labute approximate surface area is 195 Å². The van der Waals surface area contributed by atoms with Crippen LogP contribution in [0.15, 0.2) is 83.8 Å². The van der Waals surface area contributed by atoms with Crippen molar-refractivity contribution in [3.05, 3.63) is 106 Å². The molecule has 1 aliphatic heterocycles. The van der Waals surface area contributed by atoms with E-state index in [9.17, 15) is 14.0 Å². The second-order valence-electron chi connectivity index (χ2n) is 8.55. The number of carbonyl (C=O) groups is 1. The normalized spacial score (nSPS) is 14.5. The van der Waals surface area contributed by atoms with Crippen LogP contribution in [0.25, 0.3) is 10.8 Å². The van der Waals surface area contributed by atoms with E-state index in [4.69, 9.17) is 9.47 Å². The van der Waals surface area contributed by atoms with Crippen molar-refractivity contribution >= 4 is 16.7 Å². The number of nitrogens with zero attached hydrogens (tertiary/aromatic N) is 1. The fraction of sp³-hybridized carbons (Fsp3) is 0.185. The van der Waals surface area contributed by atoms with E-state index in [1.165, 1.54) is 24.3 Å². The topological polar surface area (TPSA) is 71.6 Å². The van der Waals surface area contributed by atoms with Gasteiger partial charge >= 0.3 is 0 Å². The molecule has 0 saturated carbocycles. The van der Waals surface area contributed by atoms with Gasteiger partial charge in [0.15, 0.2) is 0 Å². The second-order valence-corrected chi connectivity index (χ2v) is 8.55. The smallest absolute Gasteiger partial charge is 0.253 e. The third kappa shape index (κ3) is 4.12. The van der Waals surface area contributed by atoms with Crippen LogP contribution in [0.2, 0.25) is 0 Å². The lowest BCUT2D eigenvalue weighted by molar-refractivity contribution is 0.0223. The molecule has 1 saturated heterocycles. The summed E-state index contributed by atoms with van der Waals surface area (Å²) in [6.45, 7) is 1.07. The highest BCUT2D eigenvalue weighted by Crippen LogP contribution is 2.36. The number of amides is 1. The first-order chi connectivity index (χ1) is 16.5. The molecule has 3 aromatic carbocycles. The Balaban J connectivity index is 1.37. The number of fused-ring (bicyclic) bond motifs is 1. The van der Waals surface area contributed by atoms with Crippen molar-refractivity contribution in [2.75, 3.05) is 26.8 Å². The SMILES string of the molecule is COc1ccc2cc(OCC3(c4cc[nH]c(=O)c4)CN(C(=O)c4ccc(F)cc4)C3)ccc2c1. The number of hydrogen-bond acceptors (Lipinski definition) is 4. The van der Waals surface area contributed by atoms with Crippen molar-refractivity contribution < 1.29 is 18.7 Å². The molecule has 34 heavy (non-hydrogen) atoms. The molecule has 0 atom stereocenters. The zero-order valence-corrected chi connectivity index (χ0v) is 18.6. The Morgan fingerprint density at radius 2 is 1.65 bits per heavy atom. The number of carbonyl (C=O) groups excluding carboxylic acids is 1. The lowest BCUT2D eigenvalue weighted by Crippen LogP contribution is -2.64. The maximum Gasteiger partial charge on any atom is 0.253 e. The van der Waals surface area contributed by atoms with Gasteiger partial charge in [0, 0.05) is 30.9 Å². The molecule has 5 rings (SSSR count). The largest absolute Gasteiger partial charge is 0.497 e. The number of pyridine rings is 1. The van der Waals surface area contributed by atoms with Gasteiger partial charge in [0.1, 0.15) is 23.9 Å². The number of ether oxygens (including phenoxy) is 2. The van der Waals surface area contributed by atoms with E-state index < -0.39 is 5.41 Å². The zero-order chi connectivity index (χ0) is 23.7. The third-order valence-corrected chi connectivity index (χ3v) is 6.29. The van der Waals surface area contributed by atoms with Gasteiger partial charge in [-0.3, -0.25) is 9.59 Å². The summed E-state index contributed by atoms with van der Waals surface area (Å²) >= 11 is 0. The number of methoxy groups -OCH3 is 1. The molecular formula is C27H23FN2O4. The van der Waals surface area contributed by atoms with E-state index in [0.29, 0.717) is 31.0 Å². The number of aromatic nitrogens is 1. The number of rotatable bonds is 6. The number of H-pyrrole nitrogens is 1. The maximum atomic E-state index is 13.2. The van der Waals surface area contributed by atoms with Gasteiger partial charge in [-0.15, -0.1) is 0 Å². The van der Waals surface area contributed by atoms with Crippen LogP contribution in [0, 0.1) is 5.82 Å². The summed E-state index contributed by atoms with van der Waals surface area (Å²) in [7, 11) is 1.63. The minimum Gasteiger partial charge on any atom is -0.497 e. The van der Waals surface area contributed by atoms with Crippen molar-refractivity contribution in [2.45, 2.75) is 5.41 Å². The first-order valence-electron chi connectivity index (χ1n) is 10.9. The van der Waals surface area contributed by atoms with Crippen LogP contribution >= 0.6 is 0 Å². The fourth-order valence-corrected chi connectivity index (χ4v) is 4.37. The molecule has 0 radical (unpaired) electrons. The summed E-state index contributed by atoms with van der Waals surface area (Å²) in [5, 5.41) is 2.06. The molecule has 6 nitrogen and oxygen atoms in total.